The van der Waals surface area contributed by atoms with Crippen molar-refractivity contribution in [3.05, 3.63) is 60.3 Å². The molecule has 3 aromatic rings. The fraction of sp³-hybridized carbons (Fsp3) is 0.316. The molecular formula is C19H21N5. The van der Waals surface area contributed by atoms with Gasteiger partial charge in [-0.2, -0.15) is 5.10 Å². The molecule has 0 radical (unpaired) electrons. The molecule has 2 aromatic heterocycles. The van der Waals surface area contributed by atoms with Gasteiger partial charge in [-0.1, -0.05) is 29.8 Å². The molecule has 0 aliphatic carbocycles. The van der Waals surface area contributed by atoms with Gasteiger partial charge in [-0.05, 0) is 25.3 Å². The van der Waals surface area contributed by atoms with Crippen LogP contribution in [0, 0.1) is 6.92 Å². The second-order valence-electron chi connectivity index (χ2n) is 6.41. The molecule has 1 aliphatic heterocycles. The number of aromatic nitrogens is 4. The molecule has 0 spiro atoms. The highest BCUT2D eigenvalue weighted by Gasteiger charge is 2.25. The van der Waals surface area contributed by atoms with Crippen molar-refractivity contribution >= 4 is 5.82 Å². The van der Waals surface area contributed by atoms with Crippen LogP contribution < -0.4 is 4.90 Å². The third-order valence-corrected chi connectivity index (χ3v) is 4.73. The van der Waals surface area contributed by atoms with Crippen molar-refractivity contribution in [2.75, 3.05) is 18.0 Å². The minimum Gasteiger partial charge on any atom is -0.355 e. The number of H-pyrrole nitrogens is 1. The molecule has 122 valence electrons. The van der Waals surface area contributed by atoms with E-state index in [0.717, 1.165) is 31.7 Å². The van der Waals surface area contributed by atoms with Crippen molar-refractivity contribution in [2.24, 2.45) is 0 Å². The van der Waals surface area contributed by atoms with Gasteiger partial charge in [0.1, 0.15) is 5.82 Å². The van der Waals surface area contributed by atoms with Gasteiger partial charge >= 0.3 is 0 Å². The van der Waals surface area contributed by atoms with Crippen LogP contribution in [0.5, 0.6) is 0 Å². The highest BCUT2D eigenvalue weighted by Crippen LogP contribution is 2.34. The number of hydrogen-bond acceptors (Lipinski definition) is 4. The molecule has 1 saturated heterocycles. The Labute approximate surface area is 141 Å². The van der Waals surface area contributed by atoms with E-state index in [0.29, 0.717) is 5.92 Å². The van der Waals surface area contributed by atoms with Crippen molar-refractivity contribution in [2.45, 2.75) is 25.7 Å². The third-order valence-electron chi connectivity index (χ3n) is 4.73. The minimum atomic E-state index is 0.430. The molecule has 5 heteroatoms. The molecule has 1 fully saturated rings. The van der Waals surface area contributed by atoms with Gasteiger partial charge in [0.25, 0.3) is 0 Å². The Morgan fingerprint density at radius 1 is 1.12 bits per heavy atom. The lowest BCUT2D eigenvalue weighted by atomic mass is 9.90. The van der Waals surface area contributed by atoms with Crippen LogP contribution in [0.15, 0.2) is 49.1 Å². The molecule has 0 bridgehead atoms. The highest BCUT2D eigenvalue weighted by atomic mass is 15.2. The van der Waals surface area contributed by atoms with E-state index in [1.165, 1.54) is 22.4 Å². The number of nitrogens with zero attached hydrogens (tertiary/aromatic N) is 4. The number of rotatable bonds is 3. The summed E-state index contributed by atoms with van der Waals surface area (Å²) in [5, 5.41) is 7.57. The van der Waals surface area contributed by atoms with Crippen LogP contribution >= 0.6 is 0 Å². The molecule has 1 atom stereocenters. The quantitative estimate of drug-likeness (QED) is 0.802. The lowest BCUT2D eigenvalue weighted by Crippen LogP contribution is -2.35. The summed E-state index contributed by atoms with van der Waals surface area (Å²) >= 11 is 0. The van der Waals surface area contributed by atoms with Crippen LogP contribution in [0.4, 0.5) is 5.82 Å². The van der Waals surface area contributed by atoms with Gasteiger partial charge in [0.05, 0.1) is 12.4 Å². The summed E-state index contributed by atoms with van der Waals surface area (Å²) in [7, 11) is 0. The summed E-state index contributed by atoms with van der Waals surface area (Å²) in [5.41, 5.74) is 4.93. The van der Waals surface area contributed by atoms with Crippen LogP contribution in [0.1, 0.15) is 30.0 Å². The van der Waals surface area contributed by atoms with Gasteiger partial charge in [-0.25, -0.2) is 4.98 Å². The predicted octanol–water partition coefficient (Wildman–Crippen LogP) is 3.56. The molecule has 4 rings (SSSR count). The first-order valence-electron chi connectivity index (χ1n) is 8.42. The van der Waals surface area contributed by atoms with Gasteiger partial charge in [0.2, 0.25) is 0 Å². The molecule has 24 heavy (non-hydrogen) atoms. The largest absolute Gasteiger partial charge is 0.355 e. The van der Waals surface area contributed by atoms with Crippen LogP contribution in [-0.4, -0.2) is 33.3 Å². The first-order chi connectivity index (χ1) is 11.8. The van der Waals surface area contributed by atoms with E-state index in [2.05, 4.69) is 56.3 Å². The van der Waals surface area contributed by atoms with Crippen LogP contribution in [0.25, 0.3) is 11.1 Å². The Balaban J connectivity index is 1.60. The predicted molar refractivity (Wildman–Crippen MR) is 95.0 cm³/mol. The molecule has 1 aromatic carbocycles. The fourth-order valence-electron chi connectivity index (χ4n) is 3.45. The Morgan fingerprint density at radius 3 is 2.79 bits per heavy atom. The van der Waals surface area contributed by atoms with Crippen molar-refractivity contribution in [1.29, 1.82) is 0 Å². The Bertz CT molecular complexity index is 794. The first-order valence-corrected chi connectivity index (χ1v) is 8.42. The number of piperidine rings is 1. The van der Waals surface area contributed by atoms with E-state index in [1.54, 1.807) is 12.4 Å². The van der Waals surface area contributed by atoms with Gasteiger partial charge < -0.3 is 4.90 Å². The van der Waals surface area contributed by atoms with Gasteiger partial charge in [-0.3, -0.25) is 10.1 Å². The van der Waals surface area contributed by atoms with Gasteiger partial charge in [0, 0.05) is 42.7 Å². The Morgan fingerprint density at radius 2 is 2.00 bits per heavy atom. The highest BCUT2D eigenvalue weighted by molar-refractivity contribution is 5.66. The van der Waals surface area contributed by atoms with Gasteiger partial charge in [0.15, 0.2) is 0 Å². The monoisotopic (exact) mass is 319 g/mol. The summed E-state index contributed by atoms with van der Waals surface area (Å²) < 4.78 is 0. The van der Waals surface area contributed by atoms with Crippen LogP contribution in [0.3, 0.4) is 0 Å². The summed E-state index contributed by atoms with van der Waals surface area (Å²) in [5.74, 6) is 1.39. The molecule has 5 nitrogen and oxygen atoms in total. The van der Waals surface area contributed by atoms with Crippen molar-refractivity contribution < 1.29 is 0 Å². The lowest BCUT2D eigenvalue weighted by molar-refractivity contribution is 0.498. The summed E-state index contributed by atoms with van der Waals surface area (Å²) in [6, 6.07) is 8.65. The Kier molecular flexibility index (Phi) is 3.99. The Hall–Kier alpha value is -2.69. The number of nitrogens with one attached hydrogen (secondary N) is 1. The molecule has 1 aliphatic rings. The van der Waals surface area contributed by atoms with E-state index in [9.17, 15) is 0 Å². The standard InChI is InChI=1S/C19H21N5/c1-14-4-6-15(7-5-14)17-11-22-23-19(17)16-3-2-10-24(13-16)18-12-20-8-9-21-18/h4-9,11-12,16H,2-3,10,13H2,1H3,(H,22,23)/t16-/m0/s1. The van der Waals surface area contributed by atoms with Crippen molar-refractivity contribution in [3.8, 4) is 11.1 Å². The normalized spacial score (nSPS) is 17.9. The number of aryl methyl sites for hydroxylation is 1. The van der Waals surface area contributed by atoms with Crippen molar-refractivity contribution in [3.63, 3.8) is 0 Å². The van der Waals surface area contributed by atoms with Gasteiger partial charge in [-0.15, -0.1) is 0 Å². The zero-order valence-electron chi connectivity index (χ0n) is 13.8. The van der Waals surface area contributed by atoms with E-state index in [1.807, 2.05) is 12.4 Å². The SMILES string of the molecule is Cc1ccc(-c2cn[nH]c2[C@H]2CCCN(c3cnccn3)C2)cc1. The maximum absolute atomic E-state index is 4.45. The third kappa shape index (κ3) is 2.89. The second-order valence-corrected chi connectivity index (χ2v) is 6.41. The van der Waals surface area contributed by atoms with Crippen LogP contribution in [-0.2, 0) is 0 Å². The molecular weight excluding hydrogens is 298 g/mol. The smallest absolute Gasteiger partial charge is 0.147 e. The fourth-order valence-corrected chi connectivity index (χ4v) is 3.45. The van der Waals surface area contributed by atoms with E-state index in [-0.39, 0.29) is 0 Å². The summed E-state index contributed by atoms with van der Waals surface area (Å²) in [6.45, 7) is 4.09. The number of hydrogen-bond donors (Lipinski definition) is 1. The maximum Gasteiger partial charge on any atom is 0.147 e. The molecule has 0 saturated carbocycles. The topological polar surface area (TPSA) is 57.7 Å². The second kappa shape index (κ2) is 6.43. The minimum absolute atomic E-state index is 0.430. The van der Waals surface area contributed by atoms with Crippen molar-refractivity contribution in [1.82, 2.24) is 20.2 Å². The van der Waals surface area contributed by atoms with E-state index in [4.69, 9.17) is 0 Å². The number of anilines is 1. The average molecular weight is 319 g/mol. The average Bonchev–Trinajstić information content (AvgIpc) is 3.13. The zero-order chi connectivity index (χ0) is 16.4. The lowest BCUT2D eigenvalue weighted by Gasteiger charge is -2.33. The molecule has 0 amide bonds. The molecule has 0 unspecified atom stereocenters. The number of aromatic amines is 1. The maximum atomic E-state index is 4.45. The molecule has 3 heterocycles. The summed E-state index contributed by atoms with van der Waals surface area (Å²) in [6.07, 6.45) is 9.57. The van der Waals surface area contributed by atoms with E-state index >= 15 is 0 Å². The zero-order valence-corrected chi connectivity index (χ0v) is 13.8. The van der Waals surface area contributed by atoms with Crippen LogP contribution in [0.2, 0.25) is 0 Å². The molecule has 1 N–H and O–H groups in total. The summed E-state index contributed by atoms with van der Waals surface area (Å²) in [4.78, 5) is 11.0. The number of benzene rings is 1. The first kappa shape index (κ1) is 14.9. The van der Waals surface area contributed by atoms with E-state index < -0.39 is 0 Å².